The van der Waals surface area contributed by atoms with E-state index in [1.165, 1.54) is 17.3 Å². The molecule has 1 aromatic heterocycles. The predicted octanol–water partition coefficient (Wildman–Crippen LogP) is 5.88. The van der Waals surface area contributed by atoms with Crippen LogP contribution in [0.2, 0.25) is 0 Å². The van der Waals surface area contributed by atoms with Crippen LogP contribution in [0.1, 0.15) is 33.3 Å². The monoisotopic (exact) mass is 474 g/mol. The third-order valence-corrected chi connectivity index (χ3v) is 6.79. The second-order valence-electron chi connectivity index (χ2n) is 8.10. The molecule has 1 heterocycles. The van der Waals surface area contributed by atoms with E-state index in [-0.39, 0.29) is 11.5 Å². The number of aromatic nitrogens is 3. The molecule has 0 aliphatic heterocycles. The van der Waals surface area contributed by atoms with Crippen LogP contribution in [-0.2, 0) is 6.61 Å². The van der Waals surface area contributed by atoms with Gasteiger partial charge in [0.2, 0.25) is 6.54 Å². The number of nitrogens with zero attached hydrogens (tertiary/aromatic N) is 4. The van der Waals surface area contributed by atoms with Crippen molar-refractivity contribution in [3.05, 3.63) is 111 Å². The van der Waals surface area contributed by atoms with Crippen molar-refractivity contribution in [2.24, 2.45) is 0 Å². The van der Waals surface area contributed by atoms with E-state index in [4.69, 9.17) is 4.74 Å². The van der Waals surface area contributed by atoms with Crippen molar-refractivity contribution < 1.29 is 9.66 Å². The van der Waals surface area contributed by atoms with Crippen LogP contribution in [0, 0.1) is 30.9 Å². The quantitative estimate of drug-likeness (QED) is 0.171. The summed E-state index contributed by atoms with van der Waals surface area (Å²) in [4.78, 5) is 11.2. The van der Waals surface area contributed by atoms with Crippen LogP contribution < -0.4 is 4.74 Å². The van der Waals surface area contributed by atoms with Crippen molar-refractivity contribution >= 4 is 11.8 Å². The minimum atomic E-state index is -0.424. The summed E-state index contributed by atoms with van der Waals surface area (Å²) in [7, 11) is 0. The molecule has 8 heteroatoms. The number of hydrogen-bond donors (Lipinski definition) is 0. The number of thioether (sulfide) groups is 1. The van der Waals surface area contributed by atoms with Crippen LogP contribution in [-0.4, -0.2) is 26.2 Å². The van der Waals surface area contributed by atoms with Gasteiger partial charge >= 0.3 is 0 Å². The van der Waals surface area contributed by atoms with Crippen molar-refractivity contribution in [2.75, 3.05) is 6.54 Å². The second kappa shape index (κ2) is 10.5. The summed E-state index contributed by atoms with van der Waals surface area (Å²) in [6, 6.07) is 23.5. The van der Waals surface area contributed by atoms with Crippen molar-refractivity contribution in [1.82, 2.24) is 14.8 Å². The van der Waals surface area contributed by atoms with Crippen molar-refractivity contribution in [3.8, 4) is 11.4 Å². The minimum Gasteiger partial charge on any atom is -0.489 e. The number of aryl methyl sites for hydroxylation is 3. The molecule has 1 atom stereocenters. The van der Waals surface area contributed by atoms with Crippen LogP contribution in [0.4, 0.5) is 0 Å². The lowest BCUT2D eigenvalue weighted by atomic mass is 10.1. The topological polar surface area (TPSA) is 83.1 Å². The first-order valence-corrected chi connectivity index (χ1v) is 11.8. The van der Waals surface area contributed by atoms with Crippen molar-refractivity contribution in [2.45, 2.75) is 37.8 Å². The molecular formula is C26H26N4O3S. The molecule has 3 aromatic carbocycles. The maximum absolute atomic E-state index is 11.5. The number of nitro groups is 1. The van der Waals surface area contributed by atoms with Crippen LogP contribution in [0.3, 0.4) is 0 Å². The van der Waals surface area contributed by atoms with Gasteiger partial charge in [0.15, 0.2) is 5.16 Å². The highest BCUT2D eigenvalue weighted by molar-refractivity contribution is 7.99. The Balaban J connectivity index is 1.55. The number of ether oxygens (including phenoxy) is 1. The zero-order valence-electron chi connectivity index (χ0n) is 19.3. The first kappa shape index (κ1) is 23.5. The van der Waals surface area contributed by atoms with Gasteiger partial charge in [-0.1, -0.05) is 60.3 Å². The van der Waals surface area contributed by atoms with Gasteiger partial charge in [-0.25, -0.2) is 0 Å². The van der Waals surface area contributed by atoms with E-state index < -0.39 is 5.25 Å². The third kappa shape index (κ3) is 5.63. The summed E-state index contributed by atoms with van der Waals surface area (Å²) in [6.07, 6.45) is 0. The summed E-state index contributed by atoms with van der Waals surface area (Å²) in [6.45, 7) is 6.24. The van der Waals surface area contributed by atoms with Gasteiger partial charge in [-0.15, -0.1) is 10.2 Å². The maximum atomic E-state index is 11.5. The summed E-state index contributed by atoms with van der Waals surface area (Å²) in [5, 5.41) is 20.2. The van der Waals surface area contributed by atoms with Gasteiger partial charge in [0, 0.05) is 10.6 Å². The second-order valence-corrected chi connectivity index (χ2v) is 9.27. The molecule has 0 amide bonds. The normalized spacial score (nSPS) is 11.9. The van der Waals surface area contributed by atoms with E-state index in [9.17, 15) is 10.1 Å². The lowest BCUT2D eigenvalue weighted by molar-refractivity contribution is -0.479. The van der Waals surface area contributed by atoms with E-state index in [0.29, 0.717) is 17.5 Å². The van der Waals surface area contributed by atoms with Crippen molar-refractivity contribution in [1.29, 1.82) is 0 Å². The smallest absolute Gasteiger partial charge is 0.220 e. The maximum Gasteiger partial charge on any atom is 0.220 e. The standard InChI is InChI=1S/C26H26N4O3S/c1-18-9-12-23(15-19(18)2)30-20(3)27-28-26(30)34-25(16-29(31)32)22-10-13-24(14-11-22)33-17-21-7-5-4-6-8-21/h4-15,25H,16-17H2,1-3H3/t25-/m1/s1. The van der Waals surface area contributed by atoms with Gasteiger partial charge in [-0.05, 0) is 67.3 Å². The third-order valence-electron chi connectivity index (χ3n) is 5.61. The molecule has 4 rings (SSSR count). The van der Waals surface area contributed by atoms with Crippen LogP contribution in [0.15, 0.2) is 78.0 Å². The van der Waals surface area contributed by atoms with Gasteiger partial charge < -0.3 is 4.74 Å². The Morgan fingerprint density at radius 1 is 0.971 bits per heavy atom. The predicted molar refractivity (Wildman–Crippen MR) is 133 cm³/mol. The van der Waals surface area contributed by atoms with E-state index in [1.54, 1.807) is 0 Å². The number of benzene rings is 3. The largest absolute Gasteiger partial charge is 0.489 e. The lowest BCUT2D eigenvalue weighted by Crippen LogP contribution is -2.11. The molecule has 0 aliphatic rings. The average molecular weight is 475 g/mol. The SMILES string of the molecule is Cc1ccc(-n2c(C)nnc2S[C@H](C[N+](=O)[O-])c2ccc(OCc3ccccc3)cc2)cc1C. The molecule has 0 fully saturated rings. The molecule has 0 N–H and O–H groups in total. The Morgan fingerprint density at radius 2 is 1.71 bits per heavy atom. The van der Waals surface area contributed by atoms with Gasteiger partial charge in [0.25, 0.3) is 0 Å². The van der Waals surface area contributed by atoms with Crippen molar-refractivity contribution in [3.63, 3.8) is 0 Å². The van der Waals surface area contributed by atoms with E-state index >= 15 is 0 Å². The molecule has 0 saturated heterocycles. The highest BCUT2D eigenvalue weighted by Gasteiger charge is 2.24. The van der Waals surface area contributed by atoms with Crippen LogP contribution >= 0.6 is 11.8 Å². The number of rotatable bonds is 9. The molecule has 0 aliphatic carbocycles. The average Bonchev–Trinajstić information content (AvgIpc) is 3.19. The van der Waals surface area contributed by atoms with Gasteiger partial charge in [0.05, 0.1) is 0 Å². The van der Waals surface area contributed by atoms with Crippen LogP contribution in [0.5, 0.6) is 5.75 Å². The van der Waals surface area contributed by atoms with Gasteiger partial charge in [-0.2, -0.15) is 0 Å². The summed E-state index contributed by atoms with van der Waals surface area (Å²) in [5.74, 6) is 1.45. The zero-order chi connectivity index (χ0) is 24.1. The fraction of sp³-hybridized carbons (Fsp3) is 0.231. The molecule has 4 aromatic rings. The molecule has 0 saturated carbocycles. The molecule has 0 radical (unpaired) electrons. The van der Waals surface area contributed by atoms with E-state index in [1.807, 2.05) is 72.2 Å². The molecule has 0 unspecified atom stereocenters. The minimum absolute atomic E-state index is 0.228. The van der Waals surface area contributed by atoms with Gasteiger partial charge in [-0.3, -0.25) is 14.7 Å². The van der Waals surface area contributed by atoms with E-state index in [2.05, 4.69) is 36.2 Å². The van der Waals surface area contributed by atoms with Gasteiger partial charge in [0.1, 0.15) is 23.4 Å². The molecule has 174 valence electrons. The highest BCUT2D eigenvalue weighted by Crippen LogP contribution is 2.36. The molecule has 7 nitrogen and oxygen atoms in total. The summed E-state index contributed by atoms with van der Waals surface area (Å²) >= 11 is 1.35. The Morgan fingerprint density at radius 3 is 2.38 bits per heavy atom. The molecule has 0 spiro atoms. The molecular weight excluding hydrogens is 448 g/mol. The Hall–Kier alpha value is -3.65. The van der Waals surface area contributed by atoms with Crippen LogP contribution in [0.25, 0.3) is 5.69 Å². The Labute approximate surface area is 203 Å². The fourth-order valence-corrected chi connectivity index (χ4v) is 4.75. The lowest BCUT2D eigenvalue weighted by Gasteiger charge is -2.15. The molecule has 34 heavy (non-hydrogen) atoms. The highest BCUT2D eigenvalue weighted by atomic mass is 32.2. The Bertz CT molecular complexity index is 1270. The number of hydrogen-bond acceptors (Lipinski definition) is 6. The summed E-state index contributed by atoms with van der Waals surface area (Å²) in [5.41, 5.74) is 5.21. The Kier molecular flexibility index (Phi) is 7.27. The fourth-order valence-electron chi connectivity index (χ4n) is 3.57. The molecule has 0 bridgehead atoms. The zero-order valence-corrected chi connectivity index (χ0v) is 20.2. The first-order chi connectivity index (χ1) is 16.4. The summed E-state index contributed by atoms with van der Waals surface area (Å²) < 4.78 is 7.81. The van der Waals surface area contributed by atoms with E-state index in [0.717, 1.165) is 28.2 Å². The first-order valence-electron chi connectivity index (χ1n) is 11.0.